The van der Waals surface area contributed by atoms with Crippen molar-refractivity contribution in [2.24, 2.45) is 0 Å². The summed E-state index contributed by atoms with van der Waals surface area (Å²) in [5.41, 5.74) is 0.253. The van der Waals surface area contributed by atoms with Crippen LogP contribution in [0.4, 0.5) is 0 Å². The molecule has 1 aromatic carbocycles. The summed E-state index contributed by atoms with van der Waals surface area (Å²) in [6, 6.07) is 5.65. The first-order chi connectivity index (χ1) is 11.7. The normalized spacial score (nSPS) is 16.0. The van der Waals surface area contributed by atoms with E-state index in [4.69, 9.17) is 5.11 Å². The lowest BCUT2D eigenvalue weighted by Gasteiger charge is -2.30. The Labute approximate surface area is 148 Å². The van der Waals surface area contributed by atoms with E-state index >= 15 is 0 Å². The van der Waals surface area contributed by atoms with Crippen LogP contribution in [0.15, 0.2) is 29.2 Å². The number of likely N-dealkylation sites (N-methyl/N-ethyl adjacent to an activating group) is 1. The fourth-order valence-electron chi connectivity index (χ4n) is 3.07. The highest BCUT2D eigenvalue weighted by Crippen LogP contribution is 2.26. The summed E-state index contributed by atoms with van der Waals surface area (Å²) < 4.78 is 26.9. The molecule has 1 fully saturated rings. The van der Waals surface area contributed by atoms with E-state index in [9.17, 15) is 18.0 Å². The third kappa shape index (κ3) is 4.58. The standard InChI is InChI=1S/C17H24N2O5S/c1-18(12-16(20)21)17(22)13-8-10-15(11-9-13)25(23,24)19(2)14-6-4-3-5-7-14/h8-11,14H,3-7,12H2,1-2H3,(H,20,21). The molecule has 0 atom stereocenters. The topological polar surface area (TPSA) is 95.0 Å². The van der Waals surface area contributed by atoms with Gasteiger partial charge in [0.05, 0.1) is 4.90 Å². The van der Waals surface area contributed by atoms with Gasteiger partial charge in [-0.2, -0.15) is 4.31 Å². The second kappa shape index (κ2) is 7.97. The van der Waals surface area contributed by atoms with Crippen LogP contribution in [-0.2, 0) is 14.8 Å². The fraction of sp³-hybridized carbons (Fsp3) is 0.529. The first-order valence-corrected chi connectivity index (χ1v) is 9.73. The highest BCUT2D eigenvalue weighted by Gasteiger charge is 2.29. The maximum atomic E-state index is 12.7. The van der Waals surface area contributed by atoms with Crippen molar-refractivity contribution < 1.29 is 23.1 Å². The van der Waals surface area contributed by atoms with Crippen molar-refractivity contribution in [1.29, 1.82) is 0 Å². The average Bonchev–Trinajstić information content (AvgIpc) is 2.60. The molecule has 25 heavy (non-hydrogen) atoms. The molecule has 7 nitrogen and oxygen atoms in total. The lowest BCUT2D eigenvalue weighted by Crippen LogP contribution is -2.38. The third-order valence-electron chi connectivity index (χ3n) is 4.59. The number of hydrogen-bond acceptors (Lipinski definition) is 4. The number of carbonyl (C=O) groups is 2. The molecule has 1 aliphatic carbocycles. The second-order valence-corrected chi connectivity index (χ2v) is 8.39. The Bertz CT molecular complexity index is 724. The number of benzene rings is 1. The van der Waals surface area contributed by atoms with Crippen LogP contribution in [0.25, 0.3) is 0 Å². The highest BCUT2D eigenvalue weighted by atomic mass is 32.2. The number of carboxylic acids is 1. The number of amides is 1. The van der Waals surface area contributed by atoms with Crippen LogP contribution in [0.1, 0.15) is 42.5 Å². The molecule has 1 aliphatic rings. The molecule has 0 saturated heterocycles. The predicted molar refractivity (Wildman–Crippen MR) is 92.9 cm³/mol. The van der Waals surface area contributed by atoms with Crippen molar-refractivity contribution in [3.63, 3.8) is 0 Å². The molecule has 1 saturated carbocycles. The minimum absolute atomic E-state index is 0.0155. The molecule has 0 bridgehead atoms. The van der Waals surface area contributed by atoms with Crippen LogP contribution in [-0.4, -0.2) is 61.3 Å². The zero-order valence-corrected chi connectivity index (χ0v) is 15.3. The summed E-state index contributed by atoms with van der Waals surface area (Å²) in [6.07, 6.45) is 4.95. The molecule has 0 heterocycles. The number of sulfonamides is 1. The van der Waals surface area contributed by atoms with Gasteiger partial charge >= 0.3 is 5.97 Å². The summed E-state index contributed by atoms with van der Waals surface area (Å²) in [6.45, 7) is -0.413. The fourth-order valence-corrected chi connectivity index (χ4v) is 4.49. The average molecular weight is 368 g/mol. The molecule has 138 valence electrons. The smallest absolute Gasteiger partial charge is 0.323 e. The number of rotatable bonds is 6. The zero-order valence-electron chi connectivity index (χ0n) is 14.5. The highest BCUT2D eigenvalue weighted by molar-refractivity contribution is 7.89. The van der Waals surface area contributed by atoms with Gasteiger partial charge in [-0.15, -0.1) is 0 Å². The lowest BCUT2D eigenvalue weighted by atomic mass is 9.96. The minimum atomic E-state index is -3.61. The summed E-state index contributed by atoms with van der Waals surface area (Å²) in [5, 5.41) is 8.74. The van der Waals surface area contributed by atoms with Crippen molar-refractivity contribution in [3.05, 3.63) is 29.8 Å². The number of hydrogen-bond donors (Lipinski definition) is 1. The van der Waals surface area contributed by atoms with Gasteiger partial charge in [-0.3, -0.25) is 9.59 Å². The molecule has 0 radical (unpaired) electrons. The van der Waals surface area contributed by atoms with E-state index in [-0.39, 0.29) is 16.5 Å². The first-order valence-electron chi connectivity index (χ1n) is 8.29. The van der Waals surface area contributed by atoms with E-state index in [1.54, 1.807) is 7.05 Å². The Morgan fingerprint density at radius 3 is 2.16 bits per heavy atom. The maximum absolute atomic E-state index is 12.7. The minimum Gasteiger partial charge on any atom is -0.480 e. The van der Waals surface area contributed by atoms with E-state index in [1.807, 2.05) is 0 Å². The Hall–Kier alpha value is -1.93. The number of nitrogens with zero attached hydrogens (tertiary/aromatic N) is 2. The molecule has 0 spiro atoms. The molecule has 8 heteroatoms. The summed E-state index contributed by atoms with van der Waals surface area (Å²) in [7, 11) is -0.617. The summed E-state index contributed by atoms with van der Waals surface area (Å²) in [5.74, 6) is -1.57. The summed E-state index contributed by atoms with van der Waals surface area (Å²) in [4.78, 5) is 24.0. The Morgan fingerprint density at radius 1 is 1.08 bits per heavy atom. The van der Waals surface area contributed by atoms with Crippen LogP contribution in [0.5, 0.6) is 0 Å². The van der Waals surface area contributed by atoms with Crippen LogP contribution in [0.2, 0.25) is 0 Å². The predicted octanol–water partition coefficient (Wildman–Crippen LogP) is 1.80. The van der Waals surface area contributed by atoms with Crippen molar-refractivity contribution in [2.75, 3.05) is 20.6 Å². The van der Waals surface area contributed by atoms with Gasteiger partial charge < -0.3 is 10.0 Å². The Balaban J connectivity index is 2.15. The molecule has 0 unspecified atom stereocenters. The van der Waals surface area contributed by atoms with Crippen molar-refractivity contribution in [3.8, 4) is 0 Å². The van der Waals surface area contributed by atoms with E-state index < -0.39 is 28.4 Å². The van der Waals surface area contributed by atoms with Gasteiger partial charge in [0.2, 0.25) is 10.0 Å². The molecule has 0 aliphatic heterocycles. The SMILES string of the molecule is CN(CC(=O)O)C(=O)c1ccc(S(=O)(=O)N(C)C2CCCCC2)cc1. The molecule has 1 N–H and O–H groups in total. The number of carboxylic acid groups (broad SMARTS) is 1. The van der Waals surface area contributed by atoms with Gasteiger partial charge in [0.15, 0.2) is 0 Å². The first kappa shape index (κ1) is 19.4. The monoisotopic (exact) mass is 368 g/mol. The van der Waals surface area contributed by atoms with Crippen molar-refractivity contribution >= 4 is 21.9 Å². The van der Waals surface area contributed by atoms with Gasteiger partial charge in [-0.05, 0) is 37.1 Å². The van der Waals surface area contributed by atoms with Crippen LogP contribution in [0.3, 0.4) is 0 Å². The molecule has 0 aromatic heterocycles. The molecule has 1 aromatic rings. The van der Waals surface area contributed by atoms with E-state index in [1.165, 1.54) is 35.6 Å². The van der Waals surface area contributed by atoms with E-state index in [0.717, 1.165) is 37.0 Å². The van der Waals surface area contributed by atoms with Gasteiger partial charge in [-0.25, -0.2) is 8.42 Å². The largest absolute Gasteiger partial charge is 0.480 e. The van der Waals surface area contributed by atoms with Gasteiger partial charge in [0.1, 0.15) is 6.54 Å². The molecule has 1 amide bonds. The lowest BCUT2D eigenvalue weighted by molar-refractivity contribution is -0.137. The van der Waals surface area contributed by atoms with Gasteiger partial charge in [0, 0.05) is 25.7 Å². The van der Waals surface area contributed by atoms with Gasteiger partial charge in [0.25, 0.3) is 5.91 Å². The summed E-state index contributed by atoms with van der Waals surface area (Å²) >= 11 is 0. The molecular weight excluding hydrogens is 344 g/mol. The van der Waals surface area contributed by atoms with Gasteiger partial charge in [-0.1, -0.05) is 19.3 Å². The van der Waals surface area contributed by atoms with Crippen LogP contribution >= 0.6 is 0 Å². The van der Waals surface area contributed by atoms with Crippen molar-refractivity contribution in [1.82, 2.24) is 9.21 Å². The molecule has 2 rings (SSSR count). The second-order valence-electron chi connectivity index (χ2n) is 6.39. The van der Waals surface area contributed by atoms with E-state index in [2.05, 4.69) is 0 Å². The third-order valence-corrected chi connectivity index (χ3v) is 6.51. The number of carbonyl (C=O) groups excluding carboxylic acids is 1. The van der Waals surface area contributed by atoms with E-state index in [0.29, 0.717) is 0 Å². The van der Waals surface area contributed by atoms with Crippen molar-refractivity contribution in [2.45, 2.75) is 43.0 Å². The quantitative estimate of drug-likeness (QED) is 0.826. The zero-order chi connectivity index (χ0) is 18.6. The Morgan fingerprint density at radius 2 is 1.64 bits per heavy atom. The number of aliphatic carboxylic acids is 1. The molecular formula is C17H24N2O5S. The Kier molecular flexibility index (Phi) is 6.18. The van der Waals surface area contributed by atoms with Crippen LogP contribution in [0, 0.1) is 0 Å². The maximum Gasteiger partial charge on any atom is 0.323 e. The van der Waals surface area contributed by atoms with Crippen LogP contribution < -0.4 is 0 Å².